The number of hydrogen-bond acceptors (Lipinski definition) is 4. The van der Waals surface area contributed by atoms with Crippen LogP contribution in [-0.4, -0.2) is 26.6 Å². The van der Waals surface area contributed by atoms with Crippen LogP contribution in [0.1, 0.15) is 11.1 Å². The van der Waals surface area contributed by atoms with Crippen LogP contribution >= 0.6 is 12.2 Å². The van der Waals surface area contributed by atoms with Gasteiger partial charge in [0.05, 0.1) is 6.42 Å². The molecule has 2 amide bonds. The van der Waals surface area contributed by atoms with Crippen molar-refractivity contribution in [2.75, 3.05) is 0 Å². The minimum absolute atomic E-state index is 0.0142. The van der Waals surface area contributed by atoms with Crippen LogP contribution in [0.2, 0.25) is 0 Å². The predicted molar refractivity (Wildman–Crippen MR) is 104 cm³/mol. The van der Waals surface area contributed by atoms with Gasteiger partial charge in [0.1, 0.15) is 12.4 Å². The smallest absolute Gasteiger partial charge is 0.258 e. The van der Waals surface area contributed by atoms with Crippen molar-refractivity contribution in [3.05, 3.63) is 70.2 Å². The fourth-order valence-corrected chi connectivity index (χ4v) is 2.74. The molecule has 0 saturated carbocycles. The minimum Gasteiger partial charge on any atom is -0.291 e. The van der Waals surface area contributed by atoms with E-state index in [0.717, 1.165) is 11.1 Å². The molecule has 3 aromatic rings. The van der Waals surface area contributed by atoms with E-state index >= 15 is 0 Å². The number of aromatic nitrogens is 3. The summed E-state index contributed by atoms with van der Waals surface area (Å²) in [5.41, 5.74) is 7.23. The van der Waals surface area contributed by atoms with E-state index in [1.807, 2.05) is 31.2 Å². The van der Waals surface area contributed by atoms with Crippen LogP contribution in [0.3, 0.4) is 0 Å². The fourth-order valence-electron chi connectivity index (χ4n) is 2.54. The Balaban J connectivity index is 1.60. The lowest BCUT2D eigenvalue weighted by Crippen LogP contribution is -2.43. The number of nitrogens with zero attached hydrogens (tertiary/aromatic N) is 2. The molecule has 0 bridgehead atoms. The quantitative estimate of drug-likeness (QED) is 0.454. The van der Waals surface area contributed by atoms with Gasteiger partial charge < -0.3 is 0 Å². The molecular weight excluding hydrogens is 381 g/mol. The maximum absolute atomic E-state index is 12.9. The molecule has 0 aliphatic carbocycles. The van der Waals surface area contributed by atoms with Crippen molar-refractivity contribution in [3.8, 4) is 11.4 Å². The van der Waals surface area contributed by atoms with Crippen LogP contribution in [0, 0.1) is 17.5 Å². The van der Waals surface area contributed by atoms with Gasteiger partial charge in [0.2, 0.25) is 5.91 Å². The summed E-state index contributed by atoms with van der Waals surface area (Å²) < 4.78 is 14.7. The molecule has 0 unspecified atom stereocenters. The largest absolute Gasteiger partial charge is 0.291 e. The molecule has 0 fully saturated rings. The maximum atomic E-state index is 12.9. The zero-order valence-corrected chi connectivity index (χ0v) is 15.8. The van der Waals surface area contributed by atoms with Gasteiger partial charge in [0, 0.05) is 5.56 Å². The molecule has 0 radical (unpaired) electrons. The number of nitrogens with one attached hydrogen (secondary N) is 3. The Hall–Kier alpha value is -3.33. The summed E-state index contributed by atoms with van der Waals surface area (Å²) in [4.78, 5) is 24.1. The number of halogens is 1. The molecule has 0 atom stereocenters. The zero-order valence-electron chi connectivity index (χ0n) is 15.0. The van der Waals surface area contributed by atoms with E-state index in [9.17, 15) is 14.0 Å². The number of aryl methyl sites for hydroxylation is 1. The second kappa shape index (κ2) is 8.57. The average molecular weight is 399 g/mol. The van der Waals surface area contributed by atoms with Crippen LogP contribution in [0.25, 0.3) is 11.4 Å². The molecule has 3 N–H and O–H groups in total. The fraction of sp³-hybridized carbons (Fsp3) is 0.158. The van der Waals surface area contributed by atoms with Crippen LogP contribution in [-0.2, 0) is 22.6 Å². The molecule has 7 nitrogen and oxygen atoms in total. The number of hydrogen-bond donors (Lipinski definition) is 3. The average Bonchev–Trinajstić information content (AvgIpc) is 3.03. The Morgan fingerprint density at radius 1 is 1.07 bits per heavy atom. The van der Waals surface area contributed by atoms with Gasteiger partial charge >= 0.3 is 0 Å². The highest BCUT2D eigenvalue weighted by atomic mass is 32.1. The van der Waals surface area contributed by atoms with E-state index in [1.165, 1.54) is 24.3 Å². The van der Waals surface area contributed by atoms with E-state index in [0.29, 0.717) is 16.2 Å². The van der Waals surface area contributed by atoms with E-state index in [-0.39, 0.29) is 18.8 Å². The van der Waals surface area contributed by atoms with Crippen molar-refractivity contribution in [2.24, 2.45) is 0 Å². The summed E-state index contributed by atoms with van der Waals surface area (Å²) >= 11 is 5.20. The van der Waals surface area contributed by atoms with Crippen LogP contribution < -0.4 is 10.9 Å². The number of carbonyl (C=O) groups is 2. The highest BCUT2D eigenvalue weighted by molar-refractivity contribution is 7.71. The highest BCUT2D eigenvalue weighted by Gasteiger charge is 2.13. The molecular formula is C19H18FN5O2S. The number of carbonyl (C=O) groups excluding carboxylic acids is 2. The van der Waals surface area contributed by atoms with Crippen molar-refractivity contribution >= 4 is 24.0 Å². The lowest BCUT2D eigenvalue weighted by molar-refractivity contribution is -0.128. The second-order valence-electron chi connectivity index (χ2n) is 6.20. The Bertz CT molecular complexity index is 1040. The molecule has 3 rings (SSSR count). The van der Waals surface area contributed by atoms with Crippen molar-refractivity contribution in [1.29, 1.82) is 0 Å². The SMILES string of the molecule is Cc1ccc(-c2n[nH]c(=S)n2CC(=O)NNC(=O)Cc2ccc(F)cc2)cc1. The van der Waals surface area contributed by atoms with Gasteiger partial charge in [-0.15, -0.1) is 0 Å². The summed E-state index contributed by atoms with van der Waals surface area (Å²) in [5, 5.41) is 6.85. The van der Waals surface area contributed by atoms with E-state index in [4.69, 9.17) is 12.2 Å². The minimum atomic E-state index is -0.460. The molecule has 2 aromatic carbocycles. The summed E-state index contributed by atoms with van der Waals surface area (Å²) in [7, 11) is 0. The lowest BCUT2D eigenvalue weighted by Gasteiger charge is -2.10. The second-order valence-corrected chi connectivity index (χ2v) is 6.59. The number of hydrazine groups is 1. The highest BCUT2D eigenvalue weighted by Crippen LogP contribution is 2.17. The Morgan fingerprint density at radius 3 is 2.39 bits per heavy atom. The summed E-state index contributed by atoms with van der Waals surface area (Å²) in [6.45, 7) is 1.86. The monoisotopic (exact) mass is 399 g/mol. The third-order valence-corrected chi connectivity index (χ3v) is 4.30. The first-order valence-electron chi connectivity index (χ1n) is 8.47. The number of aromatic amines is 1. The molecule has 9 heteroatoms. The van der Waals surface area contributed by atoms with Crippen LogP contribution in [0.15, 0.2) is 48.5 Å². The molecule has 28 heavy (non-hydrogen) atoms. The first-order chi connectivity index (χ1) is 13.4. The standard InChI is InChI=1S/C19H18FN5O2S/c1-12-2-6-14(7-3-12)18-23-24-19(28)25(18)11-17(27)22-21-16(26)10-13-4-8-15(20)9-5-13/h2-9H,10-11H2,1H3,(H,21,26)(H,22,27)(H,24,28). The first-order valence-corrected chi connectivity index (χ1v) is 8.87. The summed E-state index contributed by atoms with van der Waals surface area (Å²) in [5.74, 6) is -0.732. The van der Waals surface area contributed by atoms with Crippen molar-refractivity contribution in [1.82, 2.24) is 25.6 Å². The molecule has 0 aliphatic rings. The van der Waals surface area contributed by atoms with Crippen molar-refractivity contribution in [3.63, 3.8) is 0 Å². The number of amides is 2. The molecule has 0 saturated heterocycles. The molecule has 0 aliphatic heterocycles. The lowest BCUT2D eigenvalue weighted by atomic mass is 10.1. The Morgan fingerprint density at radius 2 is 1.71 bits per heavy atom. The van der Waals surface area contributed by atoms with E-state index in [1.54, 1.807) is 4.57 Å². The number of H-pyrrole nitrogens is 1. The number of rotatable bonds is 5. The van der Waals surface area contributed by atoms with Gasteiger partial charge in [-0.05, 0) is 36.8 Å². The van der Waals surface area contributed by atoms with Crippen LogP contribution in [0.4, 0.5) is 4.39 Å². The zero-order chi connectivity index (χ0) is 20.1. The van der Waals surface area contributed by atoms with Gasteiger partial charge in [-0.3, -0.25) is 30.1 Å². The first kappa shape index (κ1) is 19.4. The van der Waals surface area contributed by atoms with Gasteiger partial charge in [0.25, 0.3) is 5.91 Å². The van der Waals surface area contributed by atoms with Gasteiger partial charge in [-0.25, -0.2) is 4.39 Å². The Labute approximate surface area is 165 Å². The van der Waals surface area contributed by atoms with Gasteiger partial charge in [-0.2, -0.15) is 5.10 Å². The molecule has 1 aromatic heterocycles. The Kier molecular flexibility index (Phi) is 5.95. The van der Waals surface area contributed by atoms with Crippen molar-refractivity contribution in [2.45, 2.75) is 19.9 Å². The maximum Gasteiger partial charge on any atom is 0.258 e. The van der Waals surface area contributed by atoms with Crippen LogP contribution in [0.5, 0.6) is 0 Å². The third-order valence-electron chi connectivity index (χ3n) is 3.99. The summed E-state index contributed by atoms with van der Waals surface area (Å²) in [6, 6.07) is 13.2. The predicted octanol–water partition coefficient (Wildman–Crippen LogP) is 2.45. The van der Waals surface area contributed by atoms with Gasteiger partial charge in [0.15, 0.2) is 10.6 Å². The molecule has 0 spiro atoms. The van der Waals surface area contributed by atoms with Gasteiger partial charge in [-0.1, -0.05) is 42.0 Å². The number of benzene rings is 2. The third kappa shape index (κ3) is 4.89. The normalized spacial score (nSPS) is 10.5. The topological polar surface area (TPSA) is 91.8 Å². The molecule has 1 heterocycles. The van der Waals surface area contributed by atoms with E-state index < -0.39 is 11.8 Å². The van der Waals surface area contributed by atoms with Crippen molar-refractivity contribution < 1.29 is 14.0 Å². The van der Waals surface area contributed by atoms with E-state index in [2.05, 4.69) is 21.0 Å². The molecule has 144 valence electrons. The summed E-state index contributed by atoms with van der Waals surface area (Å²) in [6.07, 6.45) is 0.0142.